The van der Waals surface area contributed by atoms with E-state index in [0.717, 1.165) is 11.0 Å². The Bertz CT molecular complexity index is 757. The van der Waals surface area contributed by atoms with Crippen molar-refractivity contribution >= 4 is 29.4 Å². The summed E-state index contributed by atoms with van der Waals surface area (Å²) < 4.78 is 0. The van der Waals surface area contributed by atoms with Crippen LogP contribution in [0.1, 0.15) is 30.6 Å². The zero-order chi connectivity index (χ0) is 19.3. The van der Waals surface area contributed by atoms with Gasteiger partial charge in [-0.2, -0.15) is 0 Å². The summed E-state index contributed by atoms with van der Waals surface area (Å²) in [5, 5.41) is 7.91. The van der Waals surface area contributed by atoms with Crippen molar-refractivity contribution in [2.24, 2.45) is 0 Å². The van der Waals surface area contributed by atoms with E-state index in [1.165, 1.54) is 0 Å². The van der Waals surface area contributed by atoms with E-state index in [0.29, 0.717) is 24.2 Å². The lowest BCUT2D eigenvalue weighted by Crippen LogP contribution is -2.40. The Hall–Kier alpha value is -3.16. The quantitative estimate of drug-likeness (QED) is 0.387. The van der Waals surface area contributed by atoms with Crippen molar-refractivity contribution in [2.75, 3.05) is 18.4 Å². The Balaban J connectivity index is 1.83. The molecule has 5 amide bonds. The molecule has 0 bridgehead atoms. The van der Waals surface area contributed by atoms with E-state index in [2.05, 4.69) is 22.5 Å². The average Bonchev–Trinajstić information content (AvgIpc) is 2.79. The predicted octanol–water partition coefficient (Wildman–Crippen LogP) is 1.26. The summed E-state index contributed by atoms with van der Waals surface area (Å²) in [4.78, 5) is 48.4. The van der Waals surface area contributed by atoms with Gasteiger partial charge < -0.3 is 16.0 Å². The molecule has 0 saturated carbocycles. The Morgan fingerprint density at radius 3 is 2.65 bits per heavy atom. The zero-order valence-electron chi connectivity index (χ0n) is 14.8. The van der Waals surface area contributed by atoms with E-state index >= 15 is 0 Å². The summed E-state index contributed by atoms with van der Waals surface area (Å²) in [6.07, 6.45) is 1.58. The molecule has 1 saturated heterocycles. The van der Waals surface area contributed by atoms with E-state index in [9.17, 15) is 19.2 Å². The number of rotatable bonds is 7. The largest absolute Gasteiger partial charge is 0.352 e. The molecule has 0 unspecified atom stereocenters. The van der Waals surface area contributed by atoms with Gasteiger partial charge in [-0.15, -0.1) is 0 Å². The van der Waals surface area contributed by atoms with E-state index in [1.807, 2.05) is 0 Å². The molecule has 0 radical (unpaired) electrons. The van der Waals surface area contributed by atoms with Crippen molar-refractivity contribution in [3.05, 3.63) is 42.5 Å². The van der Waals surface area contributed by atoms with Crippen molar-refractivity contribution in [1.29, 1.82) is 0 Å². The van der Waals surface area contributed by atoms with Gasteiger partial charge in [0.25, 0.3) is 11.8 Å². The molecule has 8 nitrogen and oxygen atoms in total. The van der Waals surface area contributed by atoms with Crippen molar-refractivity contribution in [3.8, 4) is 0 Å². The number of nitrogens with zero attached hydrogens (tertiary/aromatic N) is 1. The Morgan fingerprint density at radius 1 is 1.31 bits per heavy atom. The molecule has 1 aliphatic rings. The number of hydrogen-bond acceptors (Lipinski definition) is 4. The molecule has 1 fully saturated rings. The van der Waals surface area contributed by atoms with Gasteiger partial charge >= 0.3 is 6.03 Å². The smallest absolute Gasteiger partial charge is 0.325 e. The second-order valence-electron chi connectivity index (χ2n) is 6.40. The maximum absolute atomic E-state index is 12.2. The molecule has 3 N–H and O–H groups in total. The number of urea groups is 1. The summed E-state index contributed by atoms with van der Waals surface area (Å²) in [7, 11) is 0. The summed E-state index contributed by atoms with van der Waals surface area (Å²) in [6, 6.07) is 6.08. The third kappa shape index (κ3) is 4.47. The van der Waals surface area contributed by atoms with Gasteiger partial charge in [-0.3, -0.25) is 19.3 Å². The highest BCUT2D eigenvalue weighted by atomic mass is 16.2. The van der Waals surface area contributed by atoms with E-state index < -0.39 is 11.6 Å². The lowest BCUT2D eigenvalue weighted by atomic mass is 10.1. The minimum absolute atomic E-state index is 0.226. The topological polar surface area (TPSA) is 108 Å². The normalized spacial score (nSPS) is 15.4. The first-order valence-electron chi connectivity index (χ1n) is 8.20. The molecule has 2 rings (SSSR count). The Labute approximate surface area is 151 Å². The first-order chi connectivity index (χ1) is 12.2. The number of anilines is 1. The molecule has 138 valence electrons. The molecule has 0 spiro atoms. The lowest BCUT2D eigenvalue weighted by molar-refractivity contribution is -0.130. The van der Waals surface area contributed by atoms with Crippen LogP contribution in [-0.4, -0.2) is 47.3 Å². The molecular weight excluding hydrogens is 336 g/mol. The van der Waals surface area contributed by atoms with Crippen molar-refractivity contribution in [3.63, 3.8) is 0 Å². The maximum Gasteiger partial charge on any atom is 0.325 e. The molecule has 0 atom stereocenters. The van der Waals surface area contributed by atoms with Gasteiger partial charge in [0.05, 0.1) is 0 Å². The van der Waals surface area contributed by atoms with Gasteiger partial charge in [0, 0.05) is 24.3 Å². The Morgan fingerprint density at radius 2 is 2.04 bits per heavy atom. The number of carbonyl (C=O) groups excluding carboxylic acids is 4. The summed E-state index contributed by atoms with van der Waals surface area (Å²) in [5.41, 5.74) is -0.0106. The minimum Gasteiger partial charge on any atom is -0.352 e. The van der Waals surface area contributed by atoms with Crippen molar-refractivity contribution < 1.29 is 19.2 Å². The van der Waals surface area contributed by atoms with Crippen LogP contribution in [0.15, 0.2) is 36.9 Å². The molecule has 26 heavy (non-hydrogen) atoms. The number of carbonyl (C=O) groups is 4. The monoisotopic (exact) mass is 358 g/mol. The van der Waals surface area contributed by atoms with Gasteiger partial charge in [0.15, 0.2) is 0 Å². The molecule has 1 heterocycles. The van der Waals surface area contributed by atoms with Crippen LogP contribution in [0.2, 0.25) is 0 Å². The molecule has 8 heteroatoms. The van der Waals surface area contributed by atoms with Gasteiger partial charge in [-0.05, 0) is 44.5 Å². The third-order valence-electron chi connectivity index (χ3n) is 3.87. The first kappa shape index (κ1) is 19.2. The lowest BCUT2D eigenvalue weighted by Gasteiger charge is -2.16. The molecule has 1 aliphatic heterocycles. The molecule has 1 aromatic carbocycles. The highest BCUT2D eigenvalue weighted by molar-refractivity contribution is 6.06. The van der Waals surface area contributed by atoms with Gasteiger partial charge in [0.1, 0.15) is 5.54 Å². The molecule has 1 aromatic rings. The van der Waals surface area contributed by atoms with Crippen molar-refractivity contribution in [1.82, 2.24) is 15.5 Å². The molecular formula is C18H22N4O4. The Kier molecular flexibility index (Phi) is 5.76. The number of imide groups is 1. The van der Waals surface area contributed by atoms with Crippen LogP contribution in [-0.2, 0) is 9.59 Å². The molecule has 0 aliphatic carbocycles. The first-order valence-corrected chi connectivity index (χ1v) is 8.20. The van der Waals surface area contributed by atoms with Crippen LogP contribution in [0.5, 0.6) is 0 Å². The zero-order valence-corrected chi connectivity index (χ0v) is 14.8. The number of benzene rings is 1. The van der Waals surface area contributed by atoms with Crippen LogP contribution < -0.4 is 16.0 Å². The van der Waals surface area contributed by atoms with E-state index in [4.69, 9.17) is 0 Å². The van der Waals surface area contributed by atoms with Crippen LogP contribution in [0.3, 0.4) is 0 Å². The standard InChI is InChI=1S/C18H22N4O4/c1-4-14(23)20-13-8-5-7-12(11-13)15(24)19-9-6-10-22-16(25)18(2,3)21-17(22)26/h4-5,7-8,11H,1,6,9-10H2,2-3H3,(H,19,24)(H,20,23)(H,21,26). The van der Waals surface area contributed by atoms with Gasteiger partial charge in [-0.1, -0.05) is 12.6 Å². The van der Waals surface area contributed by atoms with Crippen molar-refractivity contribution in [2.45, 2.75) is 25.8 Å². The molecule has 0 aromatic heterocycles. The summed E-state index contributed by atoms with van der Waals surface area (Å²) >= 11 is 0. The minimum atomic E-state index is -0.892. The maximum atomic E-state index is 12.2. The highest BCUT2D eigenvalue weighted by Gasteiger charge is 2.43. The second-order valence-corrected chi connectivity index (χ2v) is 6.40. The third-order valence-corrected chi connectivity index (χ3v) is 3.87. The predicted molar refractivity (Wildman–Crippen MR) is 96.5 cm³/mol. The number of amides is 5. The van der Waals surface area contributed by atoms with Crippen LogP contribution in [0.4, 0.5) is 10.5 Å². The summed E-state index contributed by atoms with van der Waals surface area (Å²) in [5.74, 6) is -0.948. The fourth-order valence-corrected chi connectivity index (χ4v) is 2.49. The second kappa shape index (κ2) is 7.81. The SMILES string of the molecule is C=CC(=O)Nc1cccc(C(=O)NCCCN2C(=O)NC(C)(C)C2=O)c1. The van der Waals surface area contributed by atoms with Crippen LogP contribution in [0, 0.1) is 0 Å². The van der Waals surface area contributed by atoms with E-state index in [-0.39, 0.29) is 24.3 Å². The van der Waals surface area contributed by atoms with Crippen LogP contribution >= 0.6 is 0 Å². The van der Waals surface area contributed by atoms with Gasteiger partial charge in [0.2, 0.25) is 5.91 Å². The fraction of sp³-hybridized carbons (Fsp3) is 0.333. The average molecular weight is 358 g/mol. The van der Waals surface area contributed by atoms with Gasteiger partial charge in [-0.25, -0.2) is 4.79 Å². The summed E-state index contributed by atoms with van der Waals surface area (Å²) in [6.45, 7) is 7.19. The number of hydrogen-bond donors (Lipinski definition) is 3. The fourth-order valence-electron chi connectivity index (χ4n) is 2.49. The highest BCUT2D eigenvalue weighted by Crippen LogP contribution is 2.16. The van der Waals surface area contributed by atoms with E-state index in [1.54, 1.807) is 38.1 Å². The number of nitrogens with one attached hydrogen (secondary N) is 3. The van der Waals surface area contributed by atoms with Crippen LogP contribution in [0.25, 0.3) is 0 Å².